The Morgan fingerprint density at radius 3 is 2.73 bits per heavy atom. The molecule has 9 nitrogen and oxygen atoms in total. The predicted octanol–water partition coefficient (Wildman–Crippen LogP) is 0.973. The Hall–Kier alpha value is -2.65. The van der Waals surface area contributed by atoms with Gasteiger partial charge < -0.3 is 28.9 Å². The lowest BCUT2D eigenvalue weighted by Crippen LogP contribution is -2.46. The molecule has 0 spiro atoms. The summed E-state index contributed by atoms with van der Waals surface area (Å²) < 4.78 is 12.9. The first-order valence-electron chi connectivity index (χ1n) is 10.4. The molecule has 5 rings (SSSR count). The van der Waals surface area contributed by atoms with E-state index in [0.717, 1.165) is 30.1 Å². The number of aliphatic carboxylic acids is 1. The van der Waals surface area contributed by atoms with Crippen molar-refractivity contribution >= 4 is 28.9 Å². The zero-order chi connectivity index (χ0) is 20.9. The standard InChI is InChI=1S/C21H26N4O5/c1-23-17-3-2-14(10-16(17)22-20(23)24-5-8-29-9-6-24)18(26)25-11-15-4-7-30-13-21(15,12-25)19(27)28/h2-3,10,15H,4-9,11-13H2,1H3,(H,27,28)/t15-,21+/m0/s1. The Morgan fingerprint density at radius 1 is 1.20 bits per heavy atom. The van der Waals surface area contributed by atoms with Crippen LogP contribution in [0.15, 0.2) is 18.2 Å². The second kappa shape index (κ2) is 7.24. The highest BCUT2D eigenvalue weighted by Gasteiger charge is 2.55. The van der Waals surface area contributed by atoms with E-state index >= 15 is 0 Å². The number of nitrogens with zero attached hydrogens (tertiary/aromatic N) is 4. The molecule has 3 aliphatic heterocycles. The number of morpholine rings is 1. The lowest BCUT2D eigenvalue weighted by molar-refractivity contribution is -0.159. The molecule has 1 aromatic heterocycles. The fourth-order valence-electron chi connectivity index (χ4n) is 4.99. The molecule has 0 unspecified atom stereocenters. The van der Waals surface area contributed by atoms with Crippen LogP contribution in [0, 0.1) is 11.3 Å². The molecule has 160 valence electrons. The summed E-state index contributed by atoms with van der Waals surface area (Å²) in [6.07, 6.45) is 0.665. The van der Waals surface area contributed by atoms with Crippen LogP contribution in [0.3, 0.4) is 0 Å². The molecule has 9 heteroatoms. The van der Waals surface area contributed by atoms with Gasteiger partial charge >= 0.3 is 5.97 Å². The van der Waals surface area contributed by atoms with Crippen LogP contribution in [-0.4, -0.2) is 84.0 Å². The maximum absolute atomic E-state index is 13.2. The van der Waals surface area contributed by atoms with Crippen LogP contribution in [0.1, 0.15) is 16.8 Å². The van der Waals surface area contributed by atoms with Crippen LogP contribution in [0.5, 0.6) is 0 Å². The number of amides is 1. The second-order valence-electron chi connectivity index (χ2n) is 8.46. The number of carbonyl (C=O) groups is 2. The van der Waals surface area contributed by atoms with Gasteiger partial charge in [0.15, 0.2) is 0 Å². The topological polar surface area (TPSA) is 97.1 Å². The molecule has 0 radical (unpaired) electrons. The van der Waals surface area contributed by atoms with Gasteiger partial charge in [0.2, 0.25) is 5.95 Å². The Bertz CT molecular complexity index is 999. The van der Waals surface area contributed by atoms with E-state index in [1.807, 2.05) is 23.7 Å². The van der Waals surface area contributed by atoms with Crippen molar-refractivity contribution in [2.24, 2.45) is 18.4 Å². The number of imidazole rings is 1. The number of anilines is 1. The molecule has 0 bridgehead atoms. The second-order valence-corrected chi connectivity index (χ2v) is 8.46. The fourth-order valence-corrected chi connectivity index (χ4v) is 4.99. The largest absolute Gasteiger partial charge is 0.481 e. The summed E-state index contributed by atoms with van der Waals surface area (Å²) in [6.45, 7) is 4.29. The molecule has 2 aromatic rings. The van der Waals surface area contributed by atoms with Gasteiger partial charge in [0, 0.05) is 45.4 Å². The summed E-state index contributed by atoms with van der Waals surface area (Å²) >= 11 is 0. The highest BCUT2D eigenvalue weighted by molar-refractivity contribution is 5.98. The van der Waals surface area contributed by atoms with E-state index in [1.54, 1.807) is 11.0 Å². The van der Waals surface area contributed by atoms with Crippen molar-refractivity contribution < 1.29 is 24.2 Å². The summed E-state index contributed by atoms with van der Waals surface area (Å²) in [5.74, 6) is -0.227. The van der Waals surface area contributed by atoms with Gasteiger partial charge in [-0.05, 0) is 30.5 Å². The Balaban J connectivity index is 1.42. The number of hydrogen-bond acceptors (Lipinski definition) is 6. The first-order valence-corrected chi connectivity index (χ1v) is 10.4. The van der Waals surface area contributed by atoms with Crippen molar-refractivity contribution in [1.82, 2.24) is 14.5 Å². The third-order valence-electron chi connectivity index (χ3n) is 6.78. The van der Waals surface area contributed by atoms with Gasteiger partial charge in [0.25, 0.3) is 5.91 Å². The maximum atomic E-state index is 13.2. The number of hydrogen-bond donors (Lipinski definition) is 1. The smallest absolute Gasteiger partial charge is 0.314 e. The summed E-state index contributed by atoms with van der Waals surface area (Å²) in [7, 11) is 1.98. The van der Waals surface area contributed by atoms with E-state index in [2.05, 4.69) is 4.90 Å². The quantitative estimate of drug-likeness (QED) is 0.799. The molecule has 3 fully saturated rings. The lowest BCUT2D eigenvalue weighted by Gasteiger charge is -2.33. The Morgan fingerprint density at radius 2 is 2.00 bits per heavy atom. The molecule has 0 saturated carbocycles. The average molecular weight is 414 g/mol. The minimum atomic E-state index is -0.994. The van der Waals surface area contributed by atoms with Crippen molar-refractivity contribution in [2.45, 2.75) is 6.42 Å². The molecule has 30 heavy (non-hydrogen) atoms. The van der Waals surface area contributed by atoms with E-state index in [1.165, 1.54) is 0 Å². The van der Waals surface area contributed by atoms with Crippen LogP contribution in [0.4, 0.5) is 5.95 Å². The number of aromatic nitrogens is 2. The van der Waals surface area contributed by atoms with Crippen molar-refractivity contribution in [3.8, 4) is 0 Å². The zero-order valence-electron chi connectivity index (χ0n) is 17.0. The van der Waals surface area contributed by atoms with Crippen molar-refractivity contribution in [2.75, 3.05) is 57.5 Å². The van der Waals surface area contributed by atoms with Crippen molar-refractivity contribution in [3.05, 3.63) is 23.8 Å². The van der Waals surface area contributed by atoms with E-state index in [9.17, 15) is 14.7 Å². The van der Waals surface area contributed by atoms with Crippen molar-refractivity contribution in [1.29, 1.82) is 0 Å². The molecule has 4 heterocycles. The van der Waals surface area contributed by atoms with Crippen LogP contribution < -0.4 is 4.90 Å². The number of carboxylic acid groups (broad SMARTS) is 1. The highest BCUT2D eigenvalue weighted by Crippen LogP contribution is 2.42. The first kappa shape index (κ1) is 19.3. The Labute approximate surface area is 174 Å². The van der Waals surface area contributed by atoms with Gasteiger partial charge in [-0.3, -0.25) is 9.59 Å². The predicted molar refractivity (Wildman–Crippen MR) is 109 cm³/mol. The Kier molecular flexibility index (Phi) is 4.67. The molecule has 1 aromatic carbocycles. The first-order chi connectivity index (χ1) is 14.5. The maximum Gasteiger partial charge on any atom is 0.314 e. The van der Waals surface area contributed by atoms with Crippen LogP contribution >= 0.6 is 0 Å². The van der Waals surface area contributed by atoms with Crippen LogP contribution in [-0.2, 0) is 21.3 Å². The van der Waals surface area contributed by atoms with E-state index in [4.69, 9.17) is 14.5 Å². The normalized spacial score (nSPS) is 26.8. The summed E-state index contributed by atoms with van der Waals surface area (Å²) in [6, 6.07) is 5.54. The summed E-state index contributed by atoms with van der Waals surface area (Å²) in [5.41, 5.74) is 1.26. The number of carboxylic acids is 1. The average Bonchev–Trinajstić information content (AvgIpc) is 3.33. The summed E-state index contributed by atoms with van der Waals surface area (Å²) in [5, 5.41) is 9.82. The molecular formula is C21H26N4O5. The number of likely N-dealkylation sites (tertiary alicyclic amines) is 1. The van der Waals surface area contributed by atoms with Gasteiger partial charge in [0.05, 0.1) is 30.9 Å². The van der Waals surface area contributed by atoms with Gasteiger partial charge in [-0.25, -0.2) is 4.98 Å². The zero-order valence-corrected chi connectivity index (χ0v) is 17.0. The SMILES string of the molecule is Cn1c(N2CCOCC2)nc2cc(C(=O)N3C[C@@H]4CCOC[C@]4(C(=O)O)C3)ccc21. The number of rotatable bonds is 3. The van der Waals surface area contributed by atoms with Crippen LogP contribution in [0.2, 0.25) is 0 Å². The highest BCUT2D eigenvalue weighted by atomic mass is 16.5. The van der Waals surface area contributed by atoms with Gasteiger partial charge in [-0.1, -0.05) is 0 Å². The molecule has 2 atom stereocenters. The van der Waals surface area contributed by atoms with E-state index < -0.39 is 11.4 Å². The van der Waals surface area contributed by atoms with Crippen molar-refractivity contribution in [3.63, 3.8) is 0 Å². The number of aryl methyl sites for hydroxylation is 1. The molecule has 1 N–H and O–H groups in total. The molecular weight excluding hydrogens is 388 g/mol. The van der Waals surface area contributed by atoms with Gasteiger partial charge in [0.1, 0.15) is 5.41 Å². The number of ether oxygens (including phenoxy) is 2. The third-order valence-corrected chi connectivity index (χ3v) is 6.78. The monoisotopic (exact) mass is 414 g/mol. The van der Waals surface area contributed by atoms with Crippen LogP contribution in [0.25, 0.3) is 11.0 Å². The molecule has 3 saturated heterocycles. The molecule has 3 aliphatic rings. The minimum Gasteiger partial charge on any atom is -0.481 e. The molecule has 0 aliphatic carbocycles. The lowest BCUT2D eigenvalue weighted by atomic mass is 9.76. The van der Waals surface area contributed by atoms with Gasteiger partial charge in [-0.15, -0.1) is 0 Å². The summed E-state index contributed by atoms with van der Waals surface area (Å²) in [4.78, 5) is 33.8. The number of fused-ring (bicyclic) bond motifs is 2. The molecule has 1 amide bonds. The minimum absolute atomic E-state index is 0.0702. The van der Waals surface area contributed by atoms with Gasteiger partial charge in [-0.2, -0.15) is 0 Å². The number of carbonyl (C=O) groups excluding carboxylic acids is 1. The van der Waals surface area contributed by atoms with E-state index in [-0.39, 0.29) is 25.0 Å². The third kappa shape index (κ3) is 2.95. The fraction of sp³-hybridized carbons (Fsp3) is 0.571. The van der Waals surface area contributed by atoms with E-state index in [0.29, 0.717) is 38.3 Å². The number of benzene rings is 1.